The number of aliphatic imine (C=N–C) groups is 1. The van der Waals surface area contributed by atoms with Crippen LogP contribution in [0.5, 0.6) is 0 Å². The zero-order valence-corrected chi connectivity index (χ0v) is 14.3. The van der Waals surface area contributed by atoms with Crippen LogP contribution in [0.25, 0.3) is 0 Å². The summed E-state index contributed by atoms with van der Waals surface area (Å²) in [6.45, 7) is 5.19. The largest absolute Gasteiger partial charge is 0.354 e. The molecule has 0 unspecified atom stereocenters. The molecule has 2 aliphatic rings. The van der Waals surface area contributed by atoms with Crippen LogP contribution in [-0.2, 0) is 9.59 Å². The first-order chi connectivity index (χ1) is 11.1. The van der Waals surface area contributed by atoms with Gasteiger partial charge in [0.15, 0.2) is 5.96 Å². The summed E-state index contributed by atoms with van der Waals surface area (Å²) in [6.07, 6.45) is 5.24. The summed E-state index contributed by atoms with van der Waals surface area (Å²) in [7, 11) is 1.71. The van der Waals surface area contributed by atoms with E-state index in [-0.39, 0.29) is 18.4 Å². The highest BCUT2D eigenvalue weighted by Crippen LogP contribution is 2.10. The molecule has 2 aliphatic heterocycles. The molecule has 23 heavy (non-hydrogen) atoms. The number of piperidine rings is 2. The minimum Gasteiger partial charge on any atom is -0.354 e. The molecule has 130 valence electrons. The smallest absolute Gasteiger partial charge is 0.241 e. The SMILES string of the molecule is CN=C(NCC(=O)N1CCCCC1)NC1CCN(C(C)=O)CC1. The quantitative estimate of drug-likeness (QED) is 0.574. The van der Waals surface area contributed by atoms with E-state index in [0.717, 1.165) is 51.9 Å². The van der Waals surface area contributed by atoms with Gasteiger partial charge in [0.25, 0.3) is 0 Å². The van der Waals surface area contributed by atoms with Crippen LogP contribution in [0.2, 0.25) is 0 Å². The van der Waals surface area contributed by atoms with Gasteiger partial charge in [-0.1, -0.05) is 0 Å². The minimum atomic E-state index is 0.137. The van der Waals surface area contributed by atoms with Gasteiger partial charge < -0.3 is 20.4 Å². The molecule has 7 heteroatoms. The summed E-state index contributed by atoms with van der Waals surface area (Å²) in [5, 5.41) is 6.47. The Morgan fingerprint density at radius 2 is 1.70 bits per heavy atom. The minimum absolute atomic E-state index is 0.137. The Balaban J connectivity index is 1.71. The van der Waals surface area contributed by atoms with E-state index >= 15 is 0 Å². The van der Waals surface area contributed by atoms with Crippen LogP contribution in [0.15, 0.2) is 4.99 Å². The Bertz CT molecular complexity index is 438. The monoisotopic (exact) mass is 323 g/mol. The van der Waals surface area contributed by atoms with Gasteiger partial charge in [-0.05, 0) is 32.1 Å². The molecule has 2 heterocycles. The number of nitrogens with zero attached hydrogens (tertiary/aromatic N) is 3. The predicted molar refractivity (Wildman–Crippen MR) is 90.2 cm³/mol. The Hall–Kier alpha value is -1.79. The van der Waals surface area contributed by atoms with E-state index < -0.39 is 0 Å². The molecule has 0 spiro atoms. The maximum absolute atomic E-state index is 12.2. The van der Waals surface area contributed by atoms with Crippen LogP contribution in [0.3, 0.4) is 0 Å². The highest BCUT2D eigenvalue weighted by atomic mass is 16.2. The van der Waals surface area contributed by atoms with Crippen LogP contribution in [0.1, 0.15) is 39.0 Å². The topological polar surface area (TPSA) is 77.0 Å². The van der Waals surface area contributed by atoms with Crippen molar-refractivity contribution in [2.75, 3.05) is 39.8 Å². The molecule has 0 aromatic rings. The molecular formula is C16H29N5O2. The van der Waals surface area contributed by atoms with Gasteiger partial charge >= 0.3 is 0 Å². The van der Waals surface area contributed by atoms with Gasteiger partial charge in [0.2, 0.25) is 11.8 Å². The third-order valence-electron chi connectivity index (χ3n) is 4.62. The molecule has 0 saturated carbocycles. The highest BCUT2D eigenvalue weighted by molar-refractivity contribution is 5.86. The number of rotatable bonds is 3. The van der Waals surface area contributed by atoms with E-state index in [2.05, 4.69) is 15.6 Å². The third-order valence-corrected chi connectivity index (χ3v) is 4.62. The van der Waals surface area contributed by atoms with Crippen molar-refractivity contribution in [2.45, 2.75) is 45.1 Å². The van der Waals surface area contributed by atoms with Crippen molar-refractivity contribution < 1.29 is 9.59 Å². The van der Waals surface area contributed by atoms with Gasteiger partial charge in [0, 0.05) is 46.2 Å². The number of carbonyl (C=O) groups is 2. The van der Waals surface area contributed by atoms with Crippen molar-refractivity contribution in [3.05, 3.63) is 0 Å². The fourth-order valence-electron chi connectivity index (χ4n) is 3.14. The third kappa shape index (κ3) is 5.41. The summed E-state index contributed by atoms with van der Waals surface area (Å²) in [5.41, 5.74) is 0. The molecule has 2 N–H and O–H groups in total. The van der Waals surface area contributed by atoms with Gasteiger partial charge in [-0.25, -0.2) is 0 Å². The van der Waals surface area contributed by atoms with Crippen LogP contribution in [0, 0.1) is 0 Å². The number of amides is 2. The fraction of sp³-hybridized carbons (Fsp3) is 0.812. The van der Waals surface area contributed by atoms with E-state index in [1.54, 1.807) is 14.0 Å². The molecule has 0 atom stereocenters. The summed E-state index contributed by atoms with van der Waals surface area (Å²) in [5.74, 6) is 0.939. The second kappa shape index (κ2) is 8.74. The van der Waals surface area contributed by atoms with Crippen molar-refractivity contribution in [3.63, 3.8) is 0 Å². The lowest BCUT2D eigenvalue weighted by Gasteiger charge is -2.32. The van der Waals surface area contributed by atoms with E-state index in [0.29, 0.717) is 12.0 Å². The second-order valence-corrected chi connectivity index (χ2v) is 6.29. The maximum atomic E-state index is 12.2. The molecular weight excluding hydrogens is 294 g/mol. The number of hydrogen-bond donors (Lipinski definition) is 2. The first-order valence-corrected chi connectivity index (χ1v) is 8.60. The second-order valence-electron chi connectivity index (χ2n) is 6.29. The van der Waals surface area contributed by atoms with Crippen molar-refractivity contribution in [2.24, 2.45) is 4.99 Å². The fourth-order valence-corrected chi connectivity index (χ4v) is 3.14. The lowest BCUT2D eigenvalue weighted by atomic mass is 10.1. The molecule has 0 aromatic carbocycles. The molecule has 0 aromatic heterocycles. The Morgan fingerprint density at radius 1 is 1.04 bits per heavy atom. The molecule has 0 bridgehead atoms. The Labute approximate surface area is 138 Å². The Morgan fingerprint density at radius 3 is 2.26 bits per heavy atom. The highest BCUT2D eigenvalue weighted by Gasteiger charge is 2.22. The van der Waals surface area contributed by atoms with Crippen LogP contribution in [-0.4, -0.2) is 73.4 Å². The average molecular weight is 323 g/mol. The number of hydrogen-bond acceptors (Lipinski definition) is 3. The van der Waals surface area contributed by atoms with Crippen LogP contribution in [0.4, 0.5) is 0 Å². The molecule has 7 nitrogen and oxygen atoms in total. The average Bonchev–Trinajstić information content (AvgIpc) is 2.59. The van der Waals surface area contributed by atoms with Crippen LogP contribution >= 0.6 is 0 Å². The van der Waals surface area contributed by atoms with Gasteiger partial charge in [-0.3, -0.25) is 14.6 Å². The molecule has 2 fully saturated rings. The van der Waals surface area contributed by atoms with Crippen molar-refractivity contribution in [1.29, 1.82) is 0 Å². The first-order valence-electron chi connectivity index (χ1n) is 8.60. The standard InChI is InChI=1S/C16H29N5O2/c1-13(22)20-10-6-14(7-11-20)19-16(17-2)18-12-15(23)21-8-4-3-5-9-21/h14H,3-12H2,1-2H3,(H2,17,18,19). The van der Waals surface area contributed by atoms with Gasteiger partial charge in [-0.15, -0.1) is 0 Å². The van der Waals surface area contributed by atoms with Gasteiger partial charge in [-0.2, -0.15) is 0 Å². The number of carbonyl (C=O) groups excluding carboxylic acids is 2. The van der Waals surface area contributed by atoms with E-state index in [9.17, 15) is 9.59 Å². The van der Waals surface area contributed by atoms with Crippen molar-refractivity contribution in [3.8, 4) is 0 Å². The molecule has 2 amide bonds. The number of likely N-dealkylation sites (tertiary alicyclic amines) is 2. The van der Waals surface area contributed by atoms with Crippen molar-refractivity contribution >= 4 is 17.8 Å². The molecule has 2 rings (SSSR count). The molecule has 0 radical (unpaired) electrons. The number of nitrogens with one attached hydrogen (secondary N) is 2. The summed E-state index contributed by atoms with van der Waals surface area (Å²) >= 11 is 0. The summed E-state index contributed by atoms with van der Waals surface area (Å²) in [4.78, 5) is 31.5. The van der Waals surface area contributed by atoms with E-state index in [1.165, 1.54) is 6.42 Å². The van der Waals surface area contributed by atoms with E-state index in [1.807, 2.05) is 9.80 Å². The number of guanidine groups is 1. The van der Waals surface area contributed by atoms with Gasteiger partial charge in [0.1, 0.15) is 0 Å². The normalized spacial score (nSPS) is 20.3. The maximum Gasteiger partial charge on any atom is 0.241 e. The van der Waals surface area contributed by atoms with Crippen molar-refractivity contribution in [1.82, 2.24) is 20.4 Å². The lowest BCUT2D eigenvalue weighted by molar-refractivity contribution is -0.131. The summed E-state index contributed by atoms with van der Waals surface area (Å²) < 4.78 is 0. The van der Waals surface area contributed by atoms with E-state index in [4.69, 9.17) is 0 Å². The predicted octanol–water partition coefficient (Wildman–Crippen LogP) is 0.175. The zero-order chi connectivity index (χ0) is 16.7. The van der Waals surface area contributed by atoms with Gasteiger partial charge in [0.05, 0.1) is 6.54 Å². The lowest BCUT2D eigenvalue weighted by Crippen LogP contribution is -2.51. The molecule has 2 saturated heterocycles. The van der Waals surface area contributed by atoms with Crippen LogP contribution < -0.4 is 10.6 Å². The zero-order valence-electron chi connectivity index (χ0n) is 14.3. The summed E-state index contributed by atoms with van der Waals surface area (Å²) in [6, 6.07) is 0.293. The first kappa shape index (κ1) is 17.6. The molecule has 0 aliphatic carbocycles. The Kier molecular flexibility index (Phi) is 6.67.